The van der Waals surface area contributed by atoms with E-state index in [1.54, 1.807) is 23.3 Å². The highest BCUT2D eigenvalue weighted by Crippen LogP contribution is 2.24. The topological polar surface area (TPSA) is 127 Å². The van der Waals surface area contributed by atoms with Gasteiger partial charge in [-0.2, -0.15) is 0 Å². The normalized spacial score (nSPS) is 17.9. The Morgan fingerprint density at radius 1 is 1.00 bits per heavy atom. The number of aliphatic hydroxyl groups excluding tert-OH is 1. The maximum absolute atomic E-state index is 10.1. The first-order valence-electron chi connectivity index (χ1n) is 11.3. The van der Waals surface area contributed by atoms with E-state index in [9.17, 15) is 5.11 Å². The molecule has 2 atom stereocenters. The van der Waals surface area contributed by atoms with Crippen molar-refractivity contribution in [3.8, 4) is 0 Å². The van der Waals surface area contributed by atoms with Crippen molar-refractivity contribution in [2.75, 3.05) is 10.6 Å². The zero-order valence-electron chi connectivity index (χ0n) is 18.3. The van der Waals surface area contributed by atoms with Gasteiger partial charge >= 0.3 is 0 Å². The van der Waals surface area contributed by atoms with Crippen LogP contribution in [0.25, 0.3) is 22.2 Å². The van der Waals surface area contributed by atoms with Gasteiger partial charge in [-0.15, -0.1) is 5.10 Å². The van der Waals surface area contributed by atoms with E-state index in [-0.39, 0.29) is 12.1 Å². The third kappa shape index (κ3) is 4.11. The molecule has 1 aromatic carbocycles. The van der Waals surface area contributed by atoms with E-state index in [4.69, 9.17) is 4.98 Å². The molecule has 34 heavy (non-hydrogen) atoms. The highest BCUT2D eigenvalue weighted by Gasteiger charge is 2.25. The SMILES string of the molecule is O[C@@H]1CCCC1Nc1cc(Nc2cnc3nnn(Cc4ccc5ncccc5c4)c3n2)ccn1. The summed E-state index contributed by atoms with van der Waals surface area (Å²) in [4.78, 5) is 17.9. The lowest BCUT2D eigenvalue weighted by Gasteiger charge is -2.17. The summed E-state index contributed by atoms with van der Waals surface area (Å²) in [6, 6.07) is 13.9. The van der Waals surface area contributed by atoms with Crippen LogP contribution in [0.2, 0.25) is 0 Å². The van der Waals surface area contributed by atoms with Gasteiger partial charge in [0.05, 0.1) is 30.4 Å². The van der Waals surface area contributed by atoms with Gasteiger partial charge in [-0.1, -0.05) is 17.3 Å². The number of nitrogens with one attached hydrogen (secondary N) is 2. The lowest BCUT2D eigenvalue weighted by atomic mass is 10.1. The molecule has 1 aliphatic rings. The van der Waals surface area contributed by atoms with Crippen molar-refractivity contribution in [1.29, 1.82) is 0 Å². The van der Waals surface area contributed by atoms with Crippen molar-refractivity contribution in [2.45, 2.75) is 38.0 Å². The molecule has 3 N–H and O–H groups in total. The van der Waals surface area contributed by atoms with Gasteiger partial charge in [-0.05, 0) is 49.1 Å². The lowest BCUT2D eigenvalue weighted by Crippen LogP contribution is -2.28. The lowest BCUT2D eigenvalue weighted by molar-refractivity contribution is 0.171. The second-order valence-electron chi connectivity index (χ2n) is 8.48. The molecule has 0 amide bonds. The maximum Gasteiger partial charge on any atom is 0.221 e. The van der Waals surface area contributed by atoms with E-state index in [0.717, 1.165) is 41.4 Å². The van der Waals surface area contributed by atoms with Gasteiger partial charge in [0.2, 0.25) is 5.65 Å². The minimum atomic E-state index is -0.335. The standard InChI is InChI=1S/C24H23N9O/c34-20-5-1-4-19(20)29-21-12-17(8-10-26-21)28-22-13-27-23-24(30-22)33(32-31-23)14-15-6-7-18-16(11-15)3-2-9-25-18/h2-3,6-13,19-20,34H,1,4-5,14H2,(H2,26,28,29,30)/t19?,20-/m1/s1. The first kappa shape index (κ1) is 20.4. The summed E-state index contributed by atoms with van der Waals surface area (Å²) in [5.74, 6) is 1.29. The summed E-state index contributed by atoms with van der Waals surface area (Å²) in [5, 5.41) is 26.2. The number of aromatic nitrogens is 7. The molecule has 1 fully saturated rings. The van der Waals surface area contributed by atoms with E-state index in [1.807, 2.05) is 36.4 Å². The van der Waals surface area contributed by atoms with Crippen LogP contribution in [0.15, 0.2) is 61.1 Å². The van der Waals surface area contributed by atoms with Gasteiger partial charge < -0.3 is 15.7 Å². The molecule has 0 aliphatic heterocycles. The van der Waals surface area contributed by atoms with Gasteiger partial charge in [0.15, 0.2) is 11.5 Å². The molecular formula is C24H23N9O. The average molecular weight is 454 g/mol. The number of hydrogen-bond acceptors (Lipinski definition) is 9. The predicted octanol–water partition coefficient (Wildman–Crippen LogP) is 3.28. The van der Waals surface area contributed by atoms with Crippen molar-refractivity contribution >= 4 is 39.5 Å². The summed E-state index contributed by atoms with van der Waals surface area (Å²) in [7, 11) is 0. The van der Waals surface area contributed by atoms with Gasteiger partial charge in [-0.25, -0.2) is 19.6 Å². The number of fused-ring (bicyclic) bond motifs is 2. The third-order valence-corrected chi connectivity index (χ3v) is 6.07. The Kier molecular flexibility index (Phi) is 5.19. The number of anilines is 3. The molecule has 4 heterocycles. The summed E-state index contributed by atoms with van der Waals surface area (Å²) >= 11 is 0. The molecule has 1 aliphatic carbocycles. The molecule has 4 aromatic heterocycles. The summed E-state index contributed by atoms with van der Waals surface area (Å²) < 4.78 is 1.74. The molecule has 0 spiro atoms. The first-order chi connectivity index (χ1) is 16.7. The van der Waals surface area contributed by atoms with E-state index < -0.39 is 0 Å². The van der Waals surface area contributed by atoms with Crippen LogP contribution in [0.1, 0.15) is 24.8 Å². The van der Waals surface area contributed by atoms with Crippen LogP contribution < -0.4 is 10.6 Å². The Bertz CT molecular complexity index is 1470. The minimum Gasteiger partial charge on any atom is -0.391 e. The van der Waals surface area contributed by atoms with Crippen molar-refractivity contribution in [3.05, 3.63) is 66.6 Å². The second-order valence-corrected chi connectivity index (χ2v) is 8.48. The van der Waals surface area contributed by atoms with Gasteiger partial charge in [-0.3, -0.25) is 4.98 Å². The van der Waals surface area contributed by atoms with Crippen molar-refractivity contribution in [2.24, 2.45) is 0 Å². The molecule has 1 saturated carbocycles. The fraction of sp³-hybridized carbons (Fsp3) is 0.250. The molecule has 170 valence electrons. The number of benzene rings is 1. The molecule has 6 rings (SSSR count). The zero-order chi connectivity index (χ0) is 22.9. The number of hydrogen-bond donors (Lipinski definition) is 3. The molecule has 5 aromatic rings. The Labute approximate surface area is 195 Å². The van der Waals surface area contributed by atoms with Gasteiger partial charge in [0.25, 0.3) is 0 Å². The van der Waals surface area contributed by atoms with Crippen LogP contribution in [0.3, 0.4) is 0 Å². The molecule has 0 bridgehead atoms. The van der Waals surface area contributed by atoms with Crippen LogP contribution in [0, 0.1) is 0 Å². The Hall–Kier alpha value is -4.18. The predicted molar refractivity (Wildman–Crippen MR) is 129 cm³/mol. The quantitative estimate of drug-likeness (QED) is 0.355. The highest BCUT2D eigenvalue weighted by molar-refractivity contribution is 5.79. The third-order valence-electron chi connectivity index (χ3n) is 6.07. The second kappa shape index (κ2) is 8.64. The van der Waals surface area contributed by atoms with E-state index in [1.165, 1.54) is 0 Å². The van der Waals surface area contributed by atoms with Crippen molar-refractivity contribution in [1.82, 2.24) is 34.9 Å². The summed E-state index contributed by atoms with van der Waals surface area (Å²) in [6.45, 7) is 0.520. The molecule has 0 saturated heterocycles. The molecule has 0 radical (unpaired) electrons. The van der Waals surface area contributed by atoms with E-state index in [2.05, 4.69) is 42.0 Å². The first-order valence-corrected chi connectivity index (χ1v) is 11.3. The fourth-order valence-corrected chi connectivity index (χ4v) is 4.35. The molecule has 1 unspecified atom stereocenters. The van der Waals surface area contributed by atoms with Gasteiger partial charge in [0, 0.05) is 29.5 Å². The van der Waals surface area contributed by atoms with E-state index >= 15 is 0 Å². The molecule has 10 heteroatoms. The Balaban J connectivity index is 1.23. The van der Waals surface area contributed by atoms with Crippen LogP contribution in [-0.2, 0) is 6.54 Å². The fourth-order valence-electron chi connectivity index (χ4n) is 4.35. The van der Waals surface area contributed by atoms with Crippen molar-refractivity contribution in [3.63, 3.8) is 0 Å². The Morgan fingerprint density at radius 3 is 2.88 bits per heavy atom. The van der Waals surface area contributed by atoms with Gasteiger partial charge in [0.1, 0.15) is 5.82 Å². The zero-order valence-corrected chi connectivity index (χ0v) is 18.3. The number of aliphatic hydroxyl groups is 1. The highest BCUT2D eigenvalue weighted by atomic mass is 16.3. The smallest absolute Gasteiger partial charge is 0.221 e. The van der Waals surface area contributed by atoms with Crippen molar-refractivity contribution < 1.29 is 5.11 Å². The minimum absolute atomic E-state index is 0.0326. The number of rotatable bonds is 6. The van der Waals surface area contributed by atoms with Crippen LogP contribution in [-0.4, -0.2) is 52.2 Å². The largest absolute Gasteiger partial charge is 0.391 e. The Morgan fingerprint density at radius 2 is 1.97 bits per heavy atom. The van der Waals surface area contributed by atoms with E-state index in [0.29, 0.717) is 29.5 Å². The van der Waals surface area contributed by atoms with Crippen LogP contribution >= 0.6 is 0 Å². The number of nitrogens with zero attached hydrogens (tertiary/aromatic N) is 7. The summed E-state index contributed by atoms with van der Waals surface area (Å²) in [5.41, 5.74) is 3.93. The number of pyridine rings is 2. The monoisotopic (exact) mass is 453 g/mol. The average Bonchev–Trinajstić information content (AvgIpc) is 3.45. The van der Waals surface area contributed by atoms with Crippen LogP contribution in [0.5, 0.6) is 0 Å². The maximum atomic E-state index is 10.1. The molecule has 10 nitrogen and oxygen atoms in total. The molecular weight excluding hydrogens is 430 g/mol. The summed E-state index contributed by atoms with van der Waals surface area (Å²) in [6.07, 6.45) is 7.59. The van der Waals surface area contributed by atoms with Crippen LogP contribution in [0.4, 0.5) is 17.3 Å².